The van der Waals surface area contributed by atoms with Crippen LogP contribution in [0, 0.1) is 5.41 Å². The van der Waals surface area contributed by atoms with E-state index < -0.39 is 5.41 Å². The highest BCUT2D eigenvalue weighted by molar-refractivity contribution is 7.80. The molecule has 0 aliphatic heterocycles. The molecule has 1 aromatic heterocycles. The average Bonchev–Trinajstić information content (AvgIpc) is 2.29. The predicted molar refractivity (Wildman–Crippen MR) is 71.4 cm³/mol. The minimum absolute atomic E-state index is 0.169. The van der Waals surface area contributed by atoms with E-state index in [4.69, 9.17) is 18.0 Å². The first kappa shape index (κ1) is 13.6. The van der Waals surface area contributed by atoms with Gasteiger partial charge in [-0.25, -0.2) is 0 Å². The highest BCUT2D eigenvalue weighted by Gasteiger charge is 2.31. The van der Waals surface area contributed by atoms with Crippen LogP contribution in [0.25, 0.3) is 0 Å². The van der Waals surface area contributed by atoms with Gasteiger partial charge in [-0.05, 0) is 32.9 Å². The molecule has 0 spiro atoms. The van der Waals surface area contributed by atoms with Crippen LogP contribution in [0.15, 0.2) is 24.4 Å². The second kappa shape index (κ2) is 5.23. The third-order valence-electron chi connectivity index (χ3n) is 2.66. The maximum atomic E-state index is 12.0. The Kier molecular flexibility index (Phi) is 4.17. The van der Waals surface area contributed by atoms with Gasteiger partial charge in [0.1, 0.15) is 0 Å². The maximum absolute atomic E-state index is 12.0. The van der Waals surface area contributed by atoms with Crippen LogP contribution < -0.4 is 11.1 Å². The van der Waals surface area contributed by atoms with Crippen molar-refractivity contribution in [1.29, 1.82) is 0 Å². The first-order chi connectivity index (χ1) is 7.85. The highest BCUT2D eigenvalue weighted by Crippen LogP contribution is 2.18. The monoisotopic (exact) mass is 251 g/mol. The molecule has 0 fully saturated rings. The maximum Gasteiger partial charge on any atom is 0.233 e. The number of carbonyl (C=O) groups is 1. The Balaban J connectivity index is 2.74. The Bertz CT molecular complexity index is 417. The van der Waals surface area contributed by atoms with Crippen molar-refractivity contribution in [2.45, 2.75) is 26.8 Å². The van der Waals surface area contributed by atoms with E-state index >= 15 is 0 Å². The van der Waals surface area contributed by atoms with Gasteiger partial charge in [-0.2, -0.15) is 0 Å². The summed E-state index contributed by atoms with van der Waals surface area (Å²) >= 11 is 4.88. The fraction of sp³-hybridized carbons (Fsp3) is 0.417. The van der Waals surface area contributed by atoms with E-state index in [1.807, 2.05) is 25.1 Å². The van der Waals surface area contributed by atoms with Gasteiger partial charge in [0.25, 0.3) is 0 Å². The summed E-state index contributed by atoms with van der Waals surface area (Å²) in [6, 6.07) is 5.40. The molecule has 1 unspecified atom stereocenters. The third-order valence-corrected chi connectivity index (χ3v) is 3.17. The van der Waals surface area contributed by atoms with E-state index in [2.05, 4.69) is 10.3 Å². The van der Waals surface area contributed by atoms with Gasteiger partial charge in [0.2, 0.25) is 5.91 Å². The Hall–Kier alpha value is -1.49. The van der Waals surface area contributed by atoms with Gasteiger partial charge in [-0.15, -0.1) is 0 Å². The Morgan fingerprint density at radius 1 is 1.53 bits per heavy atom. The number of aromatic nitrogens is 1. The zero-order valence-electron chi connectivity index (χ0n) is 10.2. The minimum Gasteiger partial charge on any atom is -0.392 e. The summed E-state index contributed by atoms with van der Waals surface area (Å²) < 4.78 is 0. The van der Waals surface area contributed by atoms with Crippen LogP contribution in [0.4, 0.5) is 0 Å². The van der Waals surface area contributed by atoms with Crippen molar-refractivity contribution in [3.63, 3.8) is 0 Å². The summed E-state index contributed by atoms with van der Waals surface area (Å²) in [6.45, 7) is 5.28. The second-order valence-corrected chi connectivity index (χ2v) is 4.88. The Morgan fingerprint density at radius 2 is 2.18 bits per heavy atom. The number of rotatable bonds is 4. The largest absolute Gasteiger partial charge is 0.392 e. The third kappa shape index (κ3) is 3.23. The summed E-state index contributed by atoms with van der Waals surface area (Å²) in [5.74, 6) is -0.192. The van der Waals surface area contributed by atoms with Gasteiger partial charge in [-0.1, -0.05) is 18.3 Å². The van der Waals surface area contributed by atoms with E-state index in [1.165, 1.54) is 0 Å². The average molecular weight is 251 g/mol. The van der Waals surface area contributed by atoms with Crippen LogP contribution in [0.2, 0.25) is 0 Å². The van der Waals surface area contributed by atoms with Gasteiger partial charge in [0.15, 0.2) is 0 Å². The summed E-state index contributed by atoms with van der Waals surface area (Å²) in [7, 11) is 0. The number of hydrogen-bond acceptors (Lipinski definition) is 3. The van der Waals surface area contributed by atoms with Crippen molar-refractivity contribution in [2.75, 3.05) is 0 Å². The van der Waals surface area contributed by atoms with Gasteiger partial charge in [0, 0.05) is 6.20 Å². The number of nitrogens with one attached hydrogen (secondary N) is 1. The quantitative estimate of drug-likeness (QED) is 0.797. The lowest BCUT2D eigenvalue weighted by Gasteiger charge is -2.24. The smallest absolute Gasteiger partial charge is 0.233 e. The zero-order valence-corrected chi connectivity index (χ0v) is 11.0. The number of carbonyl (C=O) groups excluding carboxylic acids is 1. The van der Waals surface area contributed by atoms with E-state index in [0.29, 0.717) is 0 Å². The molecule has 0 saturated carbocycles. The van der Waals surface area contributed by atoms with Crippen molar-refractivity contribution in [1.82, 2.24) is 10.3 Å². The van der Waals surface area contributed by atoms with Gasteiger partial charge in [-0.3, -0.25) is 9.78 Å². The van der Waals surface area contributed by atoms with Crippen LogP contribution in [-0.2, 0) is 4.79 Å². The summed E-state index contributed by atoms with van der Waals surface area (Å²) in [5.41, 5.74) is 5.50. The van der Waals surface area contributed by atoms with E-state index in [-0.39, 0.29) is 16.9 Å². The number of nitrogens with two attached hydrogens (primary N) is 1. The lowest BCUT2D eigenvalue weighted by atomic mass is 9.92. The van der Waals surface area contributed by atoms with E-state index in [0.717, 1.165) is 5.69 Å². The van der Waals surface area contributed by atoms with Crippen molar-refractivity contribution in [3.8, 4) is 0 Å². The van der Waals surface area contributed by atoms with E-state index in [9.17, 15) is 4.79 Å². The lowest BCUT2D eigenvalue weighted by molar-refractivity contribution is -0.126. The summed E-state index contributed by atoms with van der Waals surface area (Å²) in [5, 5.41) is 2.85. The van der Waals surface area contributed by atoms with Crippen LogP contribution in [0.3, 0.4) is 0 Å². The molecule has 1 aromatic rings. The first-order valence-corrected chi connectivity index (χ1v) is 5.78. The molecule has 0 bridgehead atoms. The summed E-state index contributed by atoms with van der Waals surface area (Å²) in [4.78, 5) is 16.3. The molecule has 1 heterocycles. The molecule has 0 aromatic carbocycles. The van der Waals surface area contributed by atoms with Crippen molar-refractivity contribution in [2.24, 2.45) is 11.1 Å². The Labute approximate surface area is 107 Å². The van der Waals surface area contributed by atoms with Crippen molar-refractivity contribution < 1.29 is 4.79 Å². The molecule has 0 aliphatic rings. The summed E-state index contributed by atoms with van der Waals surface area (Å²) in [6.07, 6.45) is 1.69. The second-order valence-electron chi connectivity index (χ2n) is 4.44. The van der Waals surface area contributed by atoms with Gasteiger partial charge < -0.3 is 11.1 Å². The molecule has 5 heteroatoms. The molecule has 3 N–H and O–H groups in total. The SMILES string of the molecule is CC(NC(=O)C(C)(C)C(N)=S)c1ccccn1. The number of hydrogen-bond donors (Lipinski definition) is 2. The normalized spacial score (nSPS) is 12.9. The molecule has 0 radical (unpaired) electrons. The molecule has 4 nitrogen and oxygen atoms in total. The van der Waals surface area contributed by atoms with Crippen LogP contribution in [0.5, 0.6) is 0 Å². The molecule has 1 amide bonds. The lowest BCUT2D eigenvalue weighted by Crippen LogP contribution is -2.45. The molecular weight excluding hydrogens is 234 g/mol. The van der Waals surface area contributed by atoms with Crippen LogP contribution >= 0.6 is 12.2 Å². The molecule has 0 saturated heterocycles. The van der Waals surface area contributed by atoms with E-state index in [1.54, 1.807) is 20.0 Å². The molecular formula is C12H17N3OS. The highest BCUT2D eigenvalue weighted by atomic mass is 32.1. The molecule has 17 heavy (non-hydrogen) atoms. The number of pyridine rings is 1. The van der Waals surface area contributed by atoms with Crippen molar-refractivity contribution in [3.05, 3.63) is 30.1 Å². The predicted octanol–water partition coefficient (Wildman–Crippen LogP) is 1.57. The molecule has 1 atom stereocenters. The number of nitrogens with zero attached hydrogens (tertiary/aromatic N) is 1. The van der Waals surface area contributed by atoms with Crippen LogP contribution in [0.1, 0.15) is 32.5 Å². The van der Waals surface area contributed by atoms with Crippen molar-refractivity contribution >= 4 is 23.1 Å². The standard InChI is InChI=1S/C12H17N3OS/c1-8(9-6-4-5-7-14-9)15-11(16)12(2,3)10(13)17/h4-8H,1-3H3,(H2,13,17)(H,15,16). The van der Waals surface area contributed by atoms with Gasteiger partial charge >= 0.3 is 0 Å². The molecule has 92 valence electrons. The molecule has 0 aliphatic carbocycles. The van der Waals surface area contributed by atoms with Crippen LogP contribution in [-0.4, -0.2) is 15.9 Å². The molecule has 1 rings (SSSR count). The van der Waals surface area contributed by atoms with Gasteiger partial charge in [0.05, 0.1) is 22.1 Å². The topological polar surface area (TPSA) is 68.0 Å². The number of amides is 1. The fourth-order valence-corrected chi connectivity index (χ4v) is 1.29. The number of thiocarbonyl (C=S) groups is 1. The minimum atomic E-state index is -0.849. The zero-order chi connectivity index (χ0) is 13.1. The Morgan fingerprint density at radius 3 is 2.65 bits per heavy atom. The first-order valence-electron chi connectivity index (χ1n) is 5.37. The fourth-order valence-electron chi connectivity index (χ4n) is 1.20.